The second-order valence-corrected chi connectivity index (χ2v) is 5.65. The van der Waals surface area contributed by atoms with Crippen LogP contribution in [0, 0.1) is 0 Å². The van der Waals surface area contributed by atoms with Gasteiger partial charge in [0.1, 0.15) is 5.82 Å². The normalized spacial score (nSPS) is 10.3. The zero-order chi connectivity index (χ0) is 18.2. The van der Waals surface area contributed by atoms with E-state index in [-0.39, 0.29) is 12.3 Å². The van der Waals surface area contributed by atoms with Crippen molar-refractivity contribution in [2.24, 2.45) is 0 Å². The Bertz CT molecular complexity index is 862. The quantitative estimate of drug-likeness (QED) is 0.715. The highest BCUT2D eigenvalue weighted by Gasteiger charge is 2.10. The number of nitrogens with one attached hydrogen (secondary N) is 2. The molecule has 0 radical (unpaired) electrons. The number of benzene rings is 1. The Morgan fingerprint density at radius 2 is 1.77 bits per heavy atom. The van der Waals surface area contributed by atoms with E-state index in [0.29, 0.717) is 13.1 Å². The lowest BCUT2D eigenvalue weighted by atomic mass is 10.2. The van der Waals surface area contributed by atoms with E-state index in [2.05, 4.69) is 20.6 Å². The molecule has 7 heteroatoms. The lowest BCUT2D eigenvalue weighted by Gasteiger charge is -2.09. The van der Waals surface area contributed by atoms with E-state index >= 15 is 0 Å². The number of aromatic nitrogens is 3. The zero-order valence-corrected chi connectivity index (χ0v) is 14.1. The van der Waals surface area contributed by atoms with Crippen LogP contribution in [0.25, 0.3) is 11.4 Å². The van der Waals surface area contributed by atoms with E-state index in [0.717, 1.165) is 17.0 Å². The topological polar surface area (TPSA) is 88.9 Å². The van der Waals surface area contributed by atoms with Crippen LogP contribution in [-0.4, -0.2) is 26.5 Å². The monoisotopic (exact) mass is 349 g/mol. The Kier molecular flexibility index (Phi) is 5.72. The fourth-order valence-corrected chi connectivity index (χ4v) is 2.48. The molecule has 3 rings (SSSR count). The number of rotatable bonds is 6. The highest BCUT2D eigenvalue weighted by Crippen LogP contribution is 2.16. The number of hydrogen-bond donors (Lipinski definition) is 2. The van der Waals surface area contributed by atoms with Crippen molar-refractivity contribution >= 4 is 11.9 Å². The molecule has 0 saturated heterocycles. The predicted molar refractivity (Wildman–Crippen MR) is 96.9 cm³/mol. The zero-order valence-electron chi connectivity index (χ0n) is 14.1. The second kappa shape index (κ2) is 8.57. The molecule has 1 aromatic carbocycles. The van der Waals surface area contributed by atoms with Crippen LogP contribution in [0.15, 0.2) is 67.3 Å². The average Bonchev–Trinajstić information content (AvgIpc) is 3.15. The van der Waals surface area contributed by atoms with Crippen molar-refractivity contribution in [1.82, 2.24) is 25.2 Å². The molecular formula is C19H19N5O2. The number of aryl methyl sites for hydroxylation is 1. The molecule has 0 saturated carbocycles. The van der Waals surface area contributed by atoms with E-state index in [4.69, 9.17) is 0 Å². The second-order valence-electron chi connectivity index (χ2n) is 5.65. The molecule has 0 fully saturated rings. The van der Waals surface area contributed by atoms with Gasteiger partial charge in [-0.1, -0.05) is 30.3 Å². The lowest BCUT2D eigenvalue weighted by Crippen LogP contribution is -2.39. The van der Waals surface area contributed by atoms with E-state index in [1.807, 2.05) is 47.0 Å². The number of amides is 3. The summed E-state index contributed by atoms with van der Waals surface area (Å²) in [5.41, 5.74) is 1.89. The first-order valence-electron chi connectivity index (χ1n) is 8.25. The van der Waals surface area contributed by atoms with Gasteiger partial charge < -0.3 is 9.88 Å². The number of urea groups is 1. The first-order valence-corrected chi connectivity index (χ1v) is 8.25. The molecule has 0 bridgehead atoms. The molecule has 0 unspecified atom stereocenters. The van der Waals surface area contributed by atoms with Crippen LogP contribution in [-0.2, 0) is 17.9 Å². The summed E-state index contributed by atoms with van der Waals surface area (Å²) in [5, 5.41) is 5.00. The summed E-state index contributed by atoms with van der Waals surface area (Å²) in [6.07, 6.45) is 7.04. The van der Waals surface area contributed by atoms with E-state index in [1.165, 1.54) is 0 Å². The lowest BCUT2D eigenvalue weighted by molar-refractivity contribution is -0.120. The average molecular weight is 349 g/mol. The Hall–Kier alpha value is -3.48. The number of carbonyl (C=O) groups is 2. The van der Waals surface area contributed by atoms with Gasteiger partial charge in [-0.15, -0.1) is 0 Å². The van der Waals surface area contributed by atoms with Gasteiger partial charge in [0.2, 0.25) is 5.91 Å². The third-order valence-electron chi connectivity index (χ3n) is 3.78. The first kappa shape index (κ1) is 17.3. The van der Waals surface area contributed by atoms with Crippen LogP contribution < -0.4 is 10.6 Å². The minimum absolute atomic E-state index is 0.174. The highest BCUT2D eigenvalue weighted by molar-refractivity contribution is 5.94. The molecule has 2 aromatic heterocycles. The molecule has 132 valence electrons. The van der Waals surface area contributed by atoms with Crippen LogP contribution in [0.3, 0.4) is 0 Å². The third kappa shape index (κ3) is 4.76. The molecule has 3 aromatic rings. The minimum Gasteiger partial charge on any atom is -0.334 e. The number of hydrogen-bond acceptors (Lipinski definition) is 4. The standard InChI is InChI=1S/C19H19N5O2/c25-17(23-19(26)22-14-15-4-2-1-3-5-15)8-12-24-13-11-21-18(24)16-6-9-20-10-7-16/h1-7,9-11,13H,8,12,14H2,(H2,22,23,25,26). The number of imidazole rings is 1. The summed E-state index contributed by atoms with van der Waals surface area (Å²) in [6.45, 7) is 0.795. The predicted octanol–water partition coefficient (Wildman–Crippen LogP) is 2.36. The molecule has 0 aliphatic rings. The summed E-state index contributed by atoms with van der Waals surface area (Å²) in [5.74, 6) is 0.415. The Morgan fingerprint density at radius 1 is 1.00 bits per heavy atom. The van der Waals surface area contributed by atoms with Crippen molar-refractivity contribution in [2.45, 2.75) is 19.5 Å². The summed E-state index contributed by atoms with van der Waals surface area (Å²) < 4.78 is 1.87. The van der Waals surface area contributed by atoms with E-state index < -0.39 is 6.03 Å². The maximum absolute atomic E-state index is 12.0. The summed E-state index contributed by atoms with van der Waals surface area (Å²) in [6, 6.07) is 12.7. The molecule has 2 N–H and O–H groups in total. The van der Waals surface area contributed by atoms with E-state index in [1.54, 1.807) is 24.8 Å². The van der Waals surface area contributed by atoms with Gasteiger partial charge >= 0.3 is 6.03 Å². The van der Waals surface area contributed by atoms with Gasteiger partial charge in [-0.05, 0) is 17.7 Å². The van der Waals surface area contributed by atoms with Crippen molar-refractivity contribution in [1.29, 1.82) is 0 Å². The maximum atomic E-state index is 12.0. The van der Waals surface area contributed by atoms with Crippen LogP contribution in [0.1, 0.15) is 12.0 Å². The third-order valence-corrected chi connectivity index (χ3v) is 3.78. The van der Waals surface area contributed by atoms with Crippen LogP contribution in [0.2, 0.25) is 0 Å². The molecule has 0 spiro atoms. The van der Waals surface area contributed by atoms with Gasteiger partial charge in [0, 0.05) is 49.9 Å². The van der Waals surface area contributed by atoms with E-state index in [9.17, 15) is 9.59 Å². The van der Waals surface area contributed by atoms with Crippen LogP contribution in [0.4, 0.5) is 4.79 Å². The van der Waals surface area contributed by atoms with Crippen LogP contribution >= 0.6 is 0 Å². The van der Waals surface area contributed by atoms with Crippen molar-refractivity contribution in [3.8, 4) is 11.4 Å². The molecule has 0 aliphatic carbocycles. The van der Waals surface area contributed by atoms with Gasteiger partial charge in [-0.2, -0.15) is 0 Å². The van der Waals surface area contributed by atoms with Crippen molar-refractivity contribution < 1.29 is 9.59 Å². The van der Waals surface area contributed by atoms with Gasteiger partial charge in [-0.3, -0.25) is 15.1 Å². The fourth-order valence-electron chi connectivity index (χ4n) is 2.48. The number of pyridine rings is 1. The molecule has 0 atom stereocenters. The molecule has 3 amide bonds. The van der Waals surface area contributed by atoms with Crippen molar-refractivity contribution in [2.75, 3.05) is 0 Å². The molecule has 2 heterocycles. The van der Waals surface area contributed by atoms with Crippen molar-refractivity contribution in [3.05, 3.63) is 72.8 Å². The smallest absolute Gasteiger partial charge is 0.321 e. The molecule has 26 heavy (non-hydrogen) atoms. The Morgan fingerprint density at radius 3 is 2.54 bits per heavy atom. The Balaban J connectivity index is 1.47. The number of imide groups is 1. The summed E-state index contributed by atoms with van der Waals surface area (Å²) in [4.78, 5) is 32.1. The summed E-state index contributed by atoms with van der Waals surface area (Å²) in [7, 11) is 0. The van der Waals surface area contributed by atoms with Crippen molar-refractivity contribution in [3.63, 3.8) is 0 Å². The van der Waals surface area contributed by atoms with Crippen LogP contribution in [0.5, 0.6) is 0 Å². The largest absolute Gasteiger partial charge is 0.334 e. The van der Waals surface area contributed by atoms with Gasteiger partial charge in [0.25, 0.3) is 0 Å². The minimum atomic E-state index is -0.501. The van der Waals surface area contributed by atoms with Gasteiger partial charge in [0.05, 0.1) is 0 Å². The molecular weight excluding hydrogens is 330 g/mol. The maximum Gasteiger partial charge on any atom is 0.321 e. The Labute approximate surface area is 151 Å². The summed E-state index contributed by atoms with van der Waals surface area (Å²) >= 11 is 0. The van der Waals surface area contributed by atoms with Gasteiger partial charge in [0.15, 0.2) is 0 Å². The number of nitrogens with zero attached hydrogens (tertiary/aromatic N) is 3. The molecule has 0 aliphatic heterocycles. The number of carbonyl (C=O) groups excluding carboxylic acids is 2. The fraction of sp³-hybridized carbons (Fsp3) is 0.158. The first-order chi connectivity index (χ1) is 12.7. The molecule has 7 nitrogen and oxygen atoms in total. The SMILES string of the molecule is O=C(CCn1ccnc1-c1ccncc1)NC(=O)NCc1ccccc1. The van der Waals surface area contributed by atoms with Gasteiger partial charge in [-0.25, -0.2) is 9.78 Å². The highest BCUT2D eigenvalue weighted by atomic mass is 16.2.